The van der Waals surface area contributed by atoms with Crippen LogP contribution in [-0.2, 0) is 0 Å². The lowest BCUT2D eigenvalue weighted by Gasteiger charge is -2.33. The number of likely N-dealkylation sites (N-methyl/N-ethyl adjacent to an activating group) is 1. The van der Waals surface area contributed by atoms with Crippen LogP contribution < -0.4 is 10.6 Å². The van der Waals surface area contributed by atoms with E-state index in [1.54, 1.807) is 0 Å². The van der Waals surface area contributed by atoms with Crippen molar-refractivity contribution in [3.05, 3.63) is 0 Å². The number of nitrogens with one attached hydrogen (secondary N) is 2. The Hall–Kier alpha value is -0.160. The summed E-state index contributed by atoms with van der Waals surface area (Å²) in [5.41, 5.74) is 0. The maximum atomic E-state index is 3.76. The molecule has 0 bridgehead atoms. The van der Waals surface area contributed by atoms with Crippen LogP contribution in [0.5, 0.6) is 0 Å². The molecule has 2 saturated heterocycles. The van der Waals surface area contributed by atoms with Gasteiger partial charge in [-0.15, -0.1) is 0 Å². The van der Waals surface area contributed by atoms with Crippen molar-refractivity contribution in [3.8, 4) is 0 Å². The van der Waals surface area contributed by atoms with Gasteiger partial charge in [0.25, 0.3) is 0 Å². The summed E-state index contributed by atoms with van der Waals surface area (Å²) in [7, 11) is 2.23. The predicted octanol–water partition coefficient (Wildman–Crippen LogP) is 0.212. The molecule has 2 aliphatic rings. The fourth-order valence-corrected chi connectivity index (χ4v) is 3.10. The molecule has 0 spiro atoms. The highest BCUT2D eigenvalue weighted by Crippen LogP contribution is 2.08. The van der Waals surface area contributed by atoms with Crippen molar-refractivity contribution in [1.82, 2.24) is 20.4 Å². The Labute approximate surface area is 112 Å². The molecule has 0 aromatic rings. The van der Waals surface area contributed by atoms with Crippen LogP contribution in [0.1, 0.15) is 19.8 Å². The first-order chi connectivity index (χ1) is 8.74. The van der Waals surface area contributed by atoms with Crippen molar-refractivity contribution < 1.29 is 0 Å². The molecule has 2 atom stereocenters. The molecule has 2 unspecified atom stereocenters. The molecule has 0 aliphatic carbocycles. The first-order valence-electron chi connectivity index (χ1n) is 7.59. The smallest absolute Gasteiger partial charge is 0.0195 e. The van der Waals surface area contributed by atoms with Gasteiger partial charge in [-0.25, -0.2) is 0 Å². The van der Waals surface area contributed by atoms with E-state index in [1.807, 2.05) is 0 Å². The highest BCUT2D eigenvalue weighted by atomic mass is 15.2. The van der Waals surface area contributed by atoms with Gasteiger partial charge in [-0.1, -0.05) is 6.92 Å². The fraction of sp³-hybridized carbons (Fsp3) is 1.00. The number of hydrogen-bond donors (Lipinski definition) is 2. The van der Waals surface area contributed by atoms with E-state index < -0.39 is 0 Å². The number of piperidine rings is 1. The molecular formula is C14H30N4. The average Bonchev–Trinajstić information content (AvgIpc) is 2.38. The van der Waals surface area contributed by atoms with Crippen LogP contribution in [0.25, 0.3) is 0 Å². The minimum atomic E-state index is 0.717. The largest absolute Gasteiger partial charge is 0.314 e. The lowest BCUT2D eigenvalue weighted by molar-refractivity contribution is 0.193. The van der Waals surface area contributed by atoms with E-state index in [2.05, 4.69) is 34.4 Å². The zero-order valence-electron chi connectivity index (χ0n) is 12.1. The van der Waals surface area contributed by atoms with Crippen molar-refractivity contribution in [2.24, 2.45) is 5.92 Å². The van der Waals surface area contributed by atoms with Crippen molar-refractivity contribution in [3.63, 3.8) is 0 Å². The third-order valence-corrected chi connectivity index (χ3v) is 4.16. The molecule has 0 aromatic carbocycles. The highest BCUT2D eigenvalue weighted by molar-refractivity contribution is 4.78. The lowest BCUT2D eigenvalue weighted by atomic mass is 10.0. The summed E-state index contributed by atoms with van der Waals surface area (Å²) in [6, 6.07) is 0.717. The maximum Gasteiger partial charge on any atom is 0.0195 e. The van der Waals surface area contributed by atoms with E-state index in [0.717, 1.165) is 19.0 Å². The van der Waals surface area contributed by atoms with E-state index in [1.165, 1.54) is 52.1 Å². The SMILES string of the molecule is CC(CNC1CCCN(C)C1)CN1CCNCC1. The summed E-state index contributed by atoms with van der Waals surface area (Å²) in [4.78, 5) is 5.04. The number of likely N-dealkylation sites (tertiary alicyclic amines) is 1. The Morgan fingerprint density at radius 2 is 2.06 bits per heavy atom. The molecule has 2 fully saturated rings. The van der Waals surface area contributed by atoms with Gasteiger partial charge in [0.2, 0.25) is 0 Å². The van der Waals surface area contributed by atoms with E-state index in [4.69, 9.17) is 0 Å². The molecule has 2 N–H and O–H groups in total. The summed E-state index contributed by atoms with van der Waals surface area (Å²) in [5.74, 6) is 0.760. The van der Waals surface area contributed by atoms with Crippen molar-refractivity contribution in [1.29, 1.82) is 0 Å². The second kappa shape index (κ2) is 7.43. The van der Waals surface area contributed by atoms with Gasteiger partial charge in [0.15, 0.2) is 0 Å². The first kappa shape index (κ1) is 14.3. The average molecular weight is 254 g/mol. The highest BCUT2D eigenvalue weighted by Gasteiger charge is 2.18. The summed E-state index contributed by atoms with van der Waals surface area (Å²) < 4.78 is 0. The summed E-state index contributed by atoms with van der Waals surface area (Å²) in [6.07, 6.45) is 2.70. The van der Waals surface area contributed by atoms with Crippen LogP contribution in [0.4, 0.5) is 0 Å². The molecule has 18 heavy (non-hydrogen) atoms. The van der Waals surface area contributed by atoms with Gasteiger partial charge < -0.3 is 20.4 Å². The van der Waals surface area contributed by atoms with Crippen LogP contribution in [-0.4, -0.2) is 75.2 Å². The molecule has 2 aliphatic heterocycles. The summed E-state index contributed by atoms with van der Waals surface area (Å²) in [5, 5.41) is 7.17. The number of nitrogens with zero attached hydrogens (tertiary/aromatic N) is 2. The number of rotatable bonds is 5. The third-order valence-electron chi connectivity index (χ3n) is 4.16. The first-order valence-corrected chi connectivity index (χ1v) is 7.59. The van der Waals surface area contributed by atoms with Crippen molar-refractivity contribution in [2.75, 3.05) is 59.4 Å². The zero-order chi connectivity index (χ0) is 12.8. The number of hydrogen-bond acceptors (Lipinski definition) is 4. The Morgan fingerprint density at radius 3 is 2.78 bits per heavy atom. The van der Waals surface area contributed by atoms with Crippen molar-refractivity contribution in [2.45, 2.75) is 25.8 Å². The molecule has 0 amide bonds. The Morgan fingerprint density at radius 1 is 1.28 bits per heavy atom. The quantitative estimate of drug-likeness (QED) is 0.734. The van der Waals surface area contributed by atoms with Crippen LogP contribution in [0.2, 0.25) is 0 Å². The number of piperazine rings is 1. The van der Waals surface area contributed by atoms with Gasteiger partial charge >= 0.3 is 0 Å². The standard InChI is InChI=1S/C14H30N4/c1-13(11-18-8-5-15-6-9-18)10-16-14-4-3-7-17(2)12-14/h13-16H,3-12H2,1-2H3. The monoisotopic (exact) mass is 254 g/mol. The predicted molar refractivity (Wildman–Crippen MR) is 77.0 cm³/mol. The van der Waals surface area contributed by atoms with Gasteiger partial charge in [-0.3, -0.25) is 0 Å². The van der Waals surface area contributed by atoms with Gasteiger partial charge in [-0.2, -0.15) is 0 Å². The maximum absolute atomic E-state index is 3.76. The van der Waals surface area contributed by atoms with Crippen LogP contribution >= 0.6 is 0 Å². The molecule has 4 heteroatoms. The normalized spacial score (nSPS) is 29.3. The van der Waals surface area contributed by atoms with Crippen LogP contribution in [0, 0.1) is 5.92 Å². The van der Waals surface area contributed by atoms with Gasteiger partial charge in [0, 0.05) is 45.3 Å². The molecule has 0 saturated carbocycles. The van der Waals surface area contributed by atoms with E-state index in [-0.39, 0.29) is 0 Å². The van der Waals surface area contributed by atoms with Gasteiger partial charge in [-0.05, 0) is 38.9 Å². The molecule has 4 nitrogen and oxygen atoms in total. The van der Waals surface area contributed by atoms with E-state index in [0.29, 0.717) is 6.04 Å². The second-order valence-electron chi connectivity index (χ2n) is 6.17. The zero-order valence-corrected chi connectivity index (χ0v) is 12.1. The fourth-order valence-electron chi connectivity index (χ4n) is 3.10. The topological polar surface area (TPSA) is 30.5 Å². The molecule has 0 aromatic heterocycles. The Balaban J connectivity index is 1.60. The Bertz CT molecular complexity index is 228. The third kappa shape index (κ3) is 4.84. The van der Waals surface area contributed by atoms with Crippen molar-refractivity contribution >= 4 is 0 Å². The van der Waals surface area contributed by atoms with E-state index in [9.17, 15) is 0 Å². The molecule has 106 valence electrons. The molecule has 2 heterocycles. The van der Waals surface area contributed by atoms with E-state index >= 15 is 0 Å². The summed E-state index contributed by atoms with van der Waals surface area (Å²) >= 11 is 0. The molecule has 2 rings (SSSR count). The molecule has 0 radical (unpaired) electrons. The second-order valence-corrected chi connectivity index (χ2v) is 6.17. The minimum Gasteiger partial charge on any atom is -0.314 e. The Kier molecular flexibility index (Phi) is 5.89. The minimum absolute atomic E-state index is 0.717. The van der Waals surface area contributed by atoms with Gasteiger partial charge in [0.05, 0.1) is 0 Å². The van der Waals surface area contributed by atoms with Crippen LogP contribution in [0.15, 0.2) is 0 Å². The lowest BCUT2D eigenvalue weighted by Crippen LogP contribution is -2.48. The van der Waals surface area contributed by atoms with Gasteiger partial charge in [0.1, 0.15) is 0 Å². The van der Waals surface area contributed by atoms with Crippen LogP contribution in [0.3, 0.4) is 0 Å². The summed E-state index contributed by atoms with van der Waals surface area (Å²) in [6.45, 7) is 12.0. The molecular weight excluding hydrogens is 224 g/mol.